The van der Waals surface area contributed by atoms with Crippen molar-refractivity contribution in [3.63, 3.8) is 0 Å². The number of hydrogen-bond acceptors (Lipinski definition) is 7. The molecule has 1 fully saturated rings. The van der Waals surface area contributed by atoms with E-state index in [0.717, 1.165) is 5.39 Å². The molecule has 3 aromatic heterocycles. The van der Waals surface area contributed by atoms with Gasteiger partial charge < -0.3 is 15.5 Å². The summed E-state index contributed by atoms with van der Waals surface area (Å²) in [6.07, 6.45) is 1.73. The van der Waals surface area contributed by atoms with Gasteiger partial charge in [0.15, 0.2) is 11.5 Å². The fraction of sp³-hybridized carbons (Fsp3) is 0.350. The van der Waals surface area contributed by atoms with E-state index in [1.165, 1.54) is 12.1 Å². The van der Waals surface area contributed by atoms with Gasteiger partial charge in [-0.15, -0.1) is 0 Å². The Hall–Kier alpha value is -3.96. The van der Waals surface area contributed by atoms with Gasteiger partial charge in [0.2, 0.25) is 5.95 Å². The topological polar surface area (TPSA) is 123 Å². The predicted octanol–water partition coefficient (Wildman–Crippen LogP) is 1.71. The Morgan fingerprint density at radius 1 is 1.19 bits per heavy atom. The largest absolute Gasteiger partial charge is 0.368 e. The number of carbonyl (C=O) groups is 1. The van der Waals surface area contributed by atoms with Crippen molar-refractivity contribution < 1.29 is 9.18 Å². The van der Waals surface area contributed by atoms with Gasteiger partial charge in [0.05, 0.1) is 17.1 Å². The van der Waals surface area contributed by atoms with E-state index in [2.05, 4.69) is 30.4 Å². The van der Waals surface area contributed by atoms with Crippen molar-refractivity contribution in [2.45, 2.75) is 13.0 Å². The zero-order valence-electron chi connectivity index (χ0n) is 17.9. The molecule has 0 spiro atoms. The second kappa shape index (κ2) is 7.32. The van der Waals surface area contributed by atoms with Crippen LogP contribution in [0, 0.1) is 5.82 Å². The van der Waals surface area contributed by atoms with Crippen molar-refractivity contribution in [3.05, 3.63) is 30.2 Å². The molecule has 3 N–H and O–H groups in total. The quantitative estimate of drug-likeness (QED) is 0.488. The van der Waals surface area contributed by atoms with Crippen LogP contribution < -0.4 is 16.0 Å². The second-order valence-electron chi connectivity index (χ2n) is 7.96. The number of benzene rings is 1. The number of nitrogens with zero attached hydrogens (tertiary/aromatic N) is 8. The molecule has 4 heterocycles. The van der Waals surface area contributed by atoms with Gasteiger partial charge in [-0.2, -0.15) is 20.2 Å². The summed E-state index contributed by atoms with van der Waals surface area (Å²) in [6, 6.07) is 4.10. The normalized spacial score (nSPS) is 16.8. The highest BCUT2D eigenvalue weighted by Crippen LogP contribution is 2.28. The maximum absolute atomic E-state index is 13.6. The van der Waals surface area contributed by atoms with Gasteiger partial charge in [-0.3, -0.25) is 14.7 Å². The zero-order chi connectivity index (χ0) is 22.6. The molecule has 5 rings (SSSR count). The summed E-state index contributed by atoms with van der Waals surface area (Å²) in [6.45, 7) is 3.57. The highest BCUT2D eigenvalue weighted by atomic mass is 19.1. The highest BCUT2D eigenvalue weighted by Gasteiger charge is 2.30. The summed E-state index contributed by atoms with van der Waals surface area (Å²) in [5.41, 5.74) is 7.20. The van der Waals surface area contributed by atoms with Crippen LogP contribution in [0.5, 0.6) is 0 Å². The minimum absolute atomic E-state index is 0.0122. The Morgan fingerprint density at radius 3 is 2.78 bits per heavy atom. The minimum Gasteiger partial charge on any atom is -0.368 e. The van der Waals surface area contributed by atoms with Crippen molar-refractivity contribution in [2.75, 3.05) is 35.6 Å². The lowest BCUT2D eigenvalue weighted by Crippen LogP contribution is -2.55. The van der Waals surface area contributed by atoms with E-state index in [-0.39, 0.29) is 23.8 Å². The first kappa shape index (κ1) is 20.0. The lowest BCUT2D eigenvalue weighted by Gasteiger charge is -2.40. The van der Waals surface area contributed by atoms with Crippen LogP contribution in [-0.4, -0.2) is 66.1 Å². The molecule has 32 heavy (non-hydrogen) atoms. The smallest absolute Gasteiger partial charge is 0.323 e. The molecular formula is C20H23FN10O. The summed E-state index contributed by atoms with van der Waals surface area (Å²) in [5.74, 6) is 0.951. The molecule has 0 unspecified atom stereocenters. The van der Waals surface area contributed by atoms with Crippen LogP contribution in [0.2, 0.25) is 0 Å². The Morgan fingerprint density at radius 2 is 2.00 bits per heavy atom. The number of urea groups is 1. The van der Waals surface area contributed by atoms with Crippen molar-refractivity contribution in [2.24, 2.45) is 14.1 Å². The summed E-state index contributed by atoms with van der Waals surface area (Å²) in [5, 5.41) is 13.0. The first-order valence-corrected chi connectivity index (χ1v) is 10.2. The van der Waals surface area contributed by atoms with Crippen LogP contribution >= 0.6 is 0 Å². The van der Waals surface area contributed by atoms with E-state index in [0.29, 0.717) is 47.8 Å². The van der Waals surface area contributed by atoms with E-state index >= 15 is 0 Å². The molecule has 4 aromatic rings. The standard InChI is InChI=1S/C20H23FN10O/c1-11-10-30(20(32)24-16-13-5-4-12(21)8-15(13)28(2)27-16)6-7-31(11)18-14-9-23-29(3)17(14)25-19(22)26-18/h4-5,8-9,11H,6-7,10H2,1-3H3,(H2,22,25,26)(H,24,27,32)/t11-/m0/s1. The number of hydrogen-bond donors (Lipinski definition) is 2. The number of aryl methyl sites for hydroxylation is 2. The van der Waals surface area contributed by atoms with Gasteiger partial charge in [0, 0.05) is 45.2 Å². The number of amides is 2. The number of rotatable bonds is 2. The molecule has 1 aromatic carbocycles. The van der Waals surface area contributed by atoms with Gasteiger partial charge in [-0.25, -0.2) is 9.18 Å². The van der Waals surface area contributed by atoms with Gasteiger partial charge in [0.1, 0.15) is 11.6 Å². The van der Waals surface area contributed by atoms with Crippen LogP contribution in [0.4, 0.5) is 26.8 Å². The third kappa shape index (κ3) is 3.24. The minimum atomic E-state index is -0.351. The third-order valence-electron chi connectivity index (χ3n) is 5.81. The van der Waals surface area contributed by atoms with E-state index in [1.807, 2.05) is 6.92 Å². The summed E-state index contributed by atoms with van der Waals surface area (Å²) in [4.78, 5) is 25.5. The maximum atomic E-state index is 13.6. The van der Waals surface area contributed by atoms with Crippen LogP contribution in [0.1, 0.15) is 6.92 Å². The molecule has 1 saturated heterocycles. The van der Waals surface area contributed by atoms with Crippen LogP contribution in [0.3, 0.4) is 0 Å². The summed E-state index contributed by atoms with van der Waals surface area (Å²) >= 11 is 0. The monoisotopic (exact) mass is 438 g/mol. The Kier molecular flexibility index (Phi) is 4.57. The van der Waals surface area contributed by atoms with E-state index in [9.17, 15) is 9.18 Å². The summed E-state index contributed by atoms with van der Waals surface area (Å²) in [7, 11) is 3.52. The molecule has 0 aliphatic carbocycles. The molecule has 166 valence electrons. The Bertz CT molecular complexity index is 1350. The van der Waals surface area contributed by atoms with Gasteiger partial charge in [0.25, 0.3) is 0 Å². The van der Waals surface area contributed by atoms with Crippen molar-refractivity contribution in [1.82, 2.24) is 34.4 Å². The van der Waals surface area contributed by atoms with Crippen LogP contribution in [0.15, 0.2) is 24.4 Å². The molecule has 0 saturated carbocycles. The van der Waals surface area contributed by atoms with Gasteiger partial charge >= 0.3 is 6.03 Å². The van der Waals surface area contributed by atoms with E-state index in [1.54, 1.807) is 40.6 Å². The van der Waals surface area contributed by atoms with Crippen LogP contribution in [0.25, 0.3) is 21.9 Å². The average Bonchev–Trinajstić information content (AvgIpc) is 3.27. The molecule has 1 aliphatic heterocycles. The fourth-order valence-corrected chi connectivity index (χ4v) is 4.20. The number of piperazine rings is 1. The highest BCUT2D eigenvalue weighted by molar-refractivity contribution is 5.99. The molecule has 1 aliphatic rings. The Labute approximate surface area is 182 Å². The number of nitrogens with one attached hydrogen (secondary N) is 1. The van der Waals surface area contributed by atoms with E-state index < -0.39 is 0 Å². The lowest BCUT2D eigenvalue weighted by molar-refractivity contribution is 0.200. The van der Waals surface area contributed by atoms with Gasteiger partial charge in [-0.05, 0) is 25.1 Å². The number of nitrogens with two attached hydrogens (primary N) is 1. The number of fused-ring (bicyclic) bond motifs is 2. The molecule has 0 radical (unpaired) electrons. The predicted molar refractivity (Wildman–Crippen MR) is 119 cm³/mol. The van der Waals surface area contributed by atoms with Crippen molar-refractivity contribution >= 4 is 45.6 Å². The SMILES string of the molecule is C[C@H]1CN(C(=O)Nc2nn(C)c3cc(F)ccc23)CCN1c1nc(N)nc2c1cnn2C. The van der Waals surface area contributed by atoms with Crippen molar-refractivity contribution in [1.29, 1.82) is 0 Å². The number of carbonyl (C=O) groups excluding carboxylic acids is 1. The molecule has 11 nitrogen and oxygen atoms in total. The first-order valence-electron chi connectivity index (χ1n) is 10.2. The number of aromatic nitrogens is 6. The first-order chi connectivity index (χ1) is 15.3. The fourth-order valence-electron chi connectivity index (χ4n) is 4.20. The second-order valence-corrected chi connectivity index (χ2v) is 7.96. The summed E-state index contributed by atoms with van der Waals surface area (Å²) < 4.78 is 16.8. The number of anilines is 3. The molecule has 2 amide bonds. The third-order valence-corrected chi connectivity index (χ3v) is 5.81. The van der Waals surface area contributed by atoms with Crippen LogP contribution in [-0.2, 0) is 14.1 Å². The molecule has 0 bridgehead atoms. The molecular weight excluding hydrogens is 415 g/mol. The zero-order valence-corrected chi connectivity index (χ0v) is 17.9. The molecule has 12 heteroatoms. The maximum Gasteiger partial charge on any atom is 0.323 e. The van der Waals surface area contributed by atoms with Gasteiger partial charge in [-0.1, -0.05) is 0 Å². The number of nitrogen functional groups attached to an aromatic ring is 1. The van der Waals surface area contributed by atoms with E-state index in [4.69, 9.17) is 5.73 Å². The Balaban J connectivity index is 1.35. The molecule has 1 atom stereocenters. The lowest BCUT2D eigenvalue weighted by atomic mass is 10.2. The van der Waals surface area contributed by atoms with Crippen molar-refractivity contribution in [3.8, 4) is 0 Å². The number of halogens is 1. The average molecular weight is 438 g/mol.